The maximum atomic E-state index is 11.2. The number of benzene rings is 1. The second-order valence-corrected chi connectivity index (χ2v) is 3.88. The van der Waals surface area contributed by atoms with Gasteiger partial charge in [-0.25, -0.2) is 0 Å². The van der Waals surface area contributed by atoms with Crippen LogP contribution in [0, 0.1) is 0 Å². The van der Waals surface area contributed by atoms with Crippen molar-refractivity contribution in [3.05, 3.63) is 22.7 Å². The maximum absolute atomic E-state index is 11.2. The summed E-state index contributed by atoms with van der Waals surface area (Å²) in [4.78, 5) is 22.3. The van der Waals surface area contributed by atoms with Crippen molar-refractivity contribution in [3.8, 4) is 0 Å². The third-order valence-corrected chi connectivity index (χ3v) is 2.34. The Labute approximate surface area is 88.8 Å². The minimum atomic E-state index is -0.292. The van der Waals surface area contributed by atoms with Gasteiger partial charge in [0, 0.05) is 4.47 Å². The predicted octanol–water partition coefficient (Wildman–Crippen LogP) is 1.73. The van der Waals surface area contributed by atoms with Gasteiger partial charge in [-0.1, -0.05) is 15.9 Å². The van der Waals surface area contributed by atoms with E-state index in [1.165, 1.54) is 0 Å². The van der Waals surface area contributed by atoms with Crippen LogP contribution in [0.2, 0.25) is 0 Å². The molecule has 2 amide bonds. The highest BCUT2D eigenvalue weighted by atomic mass is 79.9. The van der Waals surface area contributed by atoms with E-state index in [-0.39, 0.29) is 18.2 Å². The highest BCUT2D eigenvalue weighted by Gasteiger charge is 2.17. The molecule has 2 rings (SSSR count). The summed E-state index contributed by atoms with van der Waals surface area (Å²) in [5.41, 5.74) is 1.25. The van der Waals surface area contributed by atoms with E-state index in [2.05, 4.69) is 26.6 Å². The molecule has 1 aliphatic heterocycles. The number of rotatable bonds is 0. The maximum Gasteiger partial charge on any atom is 0.233 e. The van der Waals surface area contributed by atoms with E-state index < -0.39 is 0 Å². The molecule has 0 bridgehead atoms. The molecular formula is C9H7BrN2O2. The van der Waals surface area contributed by atoms with Gasteiger partial charge in [0.1, 0.15) is 6.42 Å². The smallest absolute Gasteiger partial charge is 0.233 e. The molecule has 0 aromatic heterocycles. The van der Waals surface area contributed by atoms with Gasteiger partial charge < -0.3 is 10.6 Å². The Bertz CT molecular complexity index is 417. The first kappa shape index (κ1) is 9.21. The number of anilines is 2. The van der Waals surface area contributed by atoms with Gasteiger partial charge in [-0.2, -0.15) is 0 Å². The van der Waals surface area contributed by atoms with Gasteiger partial charge in [0.25, 0.3) is 0 Å². The number of carbonyl (C=O) groups excluding carboxylic acids is 2. The van der Waals surface area contributed by atoms with Gasteiger partial charge in [0.15, 0.2) is 0 Å². The van der Waals surface area contributed by atoms with E-state index in [4.69, 9.17) is 0 Å². The molecule has 4 nitrogen and oxygen atoms in total. The topological polar surface area (TPSA) is 58.2 Å². The van der Waals surface area contributed by atoms with Gasteiger partial charge in [0.05, 0.1) is 11.4 Å². The van der Waals surface area contributed by atoms with Crippen LogP contribution in [-0.2, 0) is 9.59 Å². The van der Waals surface area contributed by atoms with Crippen molar-refractivity contribution >= 4 is 39.1 Å². The Balaban J connectivity index is 2.46. The van der Waals surface area contributed by atoms with Crippen molar-refractivity contribution < 1.29 is 9.59 Å². The van der Waals surface area contributed by atoms with Crippen LogP contribution in [0.4, 0.5) is 11.4 Å². The fourth-order valence-corrected chi connectivity index (χ4v) is 1.62. The summed E-state index contributed by atoms with van der Waals surface area (Å²) < 4.78 is 0.854. The van der Waals surface area contributed by atoms with E-state index in [0.29, 0.717) is 11.4 Å². The second-order valence-electron chi connectivity index (χ2n) is 2.96. The zero-order valence-corrected chi connectivity index (χ0v) is 8.72. The molecule has 0 fully saturated rings. The Morgan fingerprint density at radius 2 is 1.71 bits per heavy atom. The average Bonchev–Trinajstić information content (AvgIpc) is 2.21. The number of hydrogen-bond donors (Lipinski definition) is 2. The molecule has 0 aliphatic carbocycles. The SMILES string of the molecule is O=C1CC(=O)Nc2cc(Br)ccc2N1. The van der Waals surface area contributed by atoms with E-state index in [1.807, 2.05) is 0 Å². The van der Waals surface area contributed by atoms with E-state index in [1.54, 1.807) is 18.2 Å². The number of nitrogens with one attached hydrogen (secondary N) is 2. The number of hydrogen-bond acceptors (Lipinski definition) is 2. The van der Waals surface area contributed by atoms with E-state index in [0.717, 1.165) is 4.47 Å². The summed E-state index contributed by atoms with van der Waals surface area (Å²) in [5, 5.41) is 5.28. The van der Waals surface area contributed by atoms with Gasteiger partial charge in [-0.15, -0.1) is 0 Å². The van der Waals surface area contributed by atoms with Crippen molar-refractivity contribution in [1.82, 2.24) is 0 Å². The largest absolute Gasteiger partial charge is 0.324 e. The van der Waals surface area contributed by atoms with Gasteiger partial charge >= 0.3 is 0 Å². The number of halogens is 1. The molecular weight excluding hydrogens is 248 g/mol. The molecule has 0 unspecified atom stereocenters. The van der Waals surface area contributed by atoms with Crippen molar-refractivity contribution in [3.63, 3.8) is 0 Å². The first-order valence-electron chi connectivity index (χ1n) is 4.04. The minimum Gasteiger partial charge on any atom is -0.324 e. The summed E-state index contributed by atoms with van der Waals surface area (Å²) in [6, 6.07) is 5.29. The summed E-state index contributed by atoms with van der Waals surface area (Å²) in [5.74, 6) is -0.581. The molecule has 14 heavy (non-hydrogen) atoms. The molecule has 1 aromatic rings. The van der Waals surface area contributed by atoms with Crippen molar-refractivity contribution in [2.24, 2.45) is 0 Å². The lowest BCUT2D eigenvalue weighted by Crippen LogP contribution is -2.16. The molecule has 5 heteroatoms. The van der Waals surface area contributed by atoms with Gasteiger partial charge in [-0.3, -0.25) is 9.59 Å². The first-order chi connectivity index (χ1) is 6.65. The zero-order valence-electron chi connectivity index (χ0n) is 7.13. The Morgan fingerprint density at radius 1 is 1.07 bits per heavy atom. The van der Waals surface area contributed by atoms with Crippen molar-refractivity contribution in [2.45, 2.75) is 6.42 Å². The van der Waals surface area contributed by atoms with Crippen LogP contribution in [0.1, 0.15) is 6.42 Å². The second kappa shape index (κ2) is 3.42. The fraction of sp³-hybridized carbons (Fsp3) is 0.111. The molecule has 1 heterocycles. The summed E-state index contributed by atoms with van der Waals surface area (Å²) in [7, 11) is 0. The molecule has 0 spiro atoms. The summed E-state index contributed by atoms with van der Waals surface area (Å²) in [6.07, 6.45) is -0.133. The van der Waals surface area contributed by atoms with Crippen molar-refractivity contribution in [1.29, 1.82) is 0 Å². The molecule has 2 N–H and O–H groups in total. The van der Waals surface area contributed by atoms with Crippen LogP contribution in [0.25, 0.3) is 0 Å². The lowest BCUT2D eigenvalue weighted by molar-refractivity contribution is -0.123. The Hall–Kier alpha value is -1.36. The highest BCUT2D eigenvalue weighted by molar-refractivity contribution is 9.10. The van der Waals surface area contributed by atoms with Crippen LogP contribution in [0.5, 0.6) is 0 Å². The molecule has 72 valence electrons. The first-order valence-corrected chi connectivity index (χ1v) is 4.84. The van der Waals surface area contributed by atoms with Crippen LogP contribution in [-0.4, -0.2) is 11.8 Å². The predicted molar refractivity (Wildman–Crippen MR) is 56.0 cm³/mol. The van der Waals surface area contributed by atoms with E-state index >= 15 is 0 Å². The summed E-state index contributed by atoms with van der Waals surface area (Å²) >= 11 is 3.29. The normalized spacial score (nSPS) is 15.2. The van der Waals surface area contributed by atoms with Crippen molar-refractivity contribution in [2.75, 3.05) is 10.6 Å². The quantitative estimate of drug-likeness (QED) is 0.693. The molecule has 1 aromatic carbocycles. The molecule has 0 atom stereocenters. The number of amides is 2. The van der Waals surface area contributed by atoms with Crippen LogP contribution in [0.15, 0.2) is 22.7 Å². The molecule has 0 radical (unpaired) electrons. The zero-order chi connectivity index (χ0) is 10.1. The number of fused-ring (bicyclic) bond motifs is 1. The minimum absolute atomic E-state index is 0.133. The lowest BCUT2D eigenvalue weighted by atomic mass is 10.2. The molecule has 0 saturated carbocycles. The van der Waals surface area contributed by atoms with Crippen LogP contribution < -0.4 is 10.6 Å². The van der Waals surface area contributed by atoms with Crippen LogP contribution >= 0.6 is 15.9 Å². The number of carbonyl (C=O) groups is 2. The van der Waals surface area contributed by atoms with Gasteiger partial charge in [-0.05, 0) is 18.2 Å². The van der Waals surface area contributed by atoms with Crippen LogP contribution in [0.3, 0.4) is 0 Å². The highest BCUT2D eigenvalue weighted by Crippen LogP contribution is 2.27. The Kier molecular flexibility index (Phi) is 2.25. The third kappa shape index (κ3) is 1.77. The molecule has 1 aliphatic rings. The molecule has 0 saturated heterocycles. The average molecular weight is 255 g/mol. The summed E-state index contributed by atoms with van der Waals surface area (Å²) in [6.45, 7) is 0. The Morgan fingerprint density at radius 3 is 2.43 bits per heavy atom. The standard InChI is InChI=1S/C9H7BrN2O2/c10-5-1-2-6-7(3-5)12-9(14)4-8(13)11-6/h1-3H,4H2,(H,11,13)(H,12,14). The van der Waals surface area contributed by atoms with Gasteiger partial charge in [0.2, 0.25) is 11.8 Å². The fourth-order valence-electron chi connectivity index (χ4n) is 1.26. The third-order valence-electron chi connectivity index (χ3n) is 1.85. The lowest BCUT2D eigenvalue weighted by Gasteiger charge is -2.06. The van der Waals surface area contributed by atoms with E-state index in [9.17, 15) is 9.59 Å². The monoisotopic (exact) mass is 254 g/mol.